The van der Waals surface area contributed by atoms with Gasteiger partial charge in [0.2, 0.25) is 0 Å². The van der Waals surface area contributed by atoms with Crippen LogP contribution in [-0.4, -0.2) is 36.7 Å². The third-order valence-corrected chi connectivity index (χ3v) is 7.18. The van der Waals surface area contributed by atoms with E-state index in [1.54, 1.807) is 24.4 Å². The largest absolute Gasteiger partial charge is 0.396 e. The van der Waals surface area contributed by atoms with Gasteiger partial charge < -0.3 is 20.7 Å². The molecule has 190 valence electrons. The quantitative estimate of drug-likeness (QED) is 0.319. The fourth-order valence-electron chi connectivity index (χ4n) is 5.07. The zero-order chi connectivity index (χ0) is 26.2. The number of nitrogens with two attached hydrogens (primary N) is 1. The summed E-state index contributed by atoms with van der Waals surface area (Å²) in [5.74, 6) is 0.230. The number of nitrogen functional groups attached to an aromatic ring is 1. The summed E-state index contributed by atoms with van der Waals surface area (Å²) < 4.78 is 3.57. The van der Waals surface area contributed by atoms with Crippen LogP contribution in [0.5, 0.6) is 0 Å². The van der Waals surface area contributed by atoms with Gasteiger partial charge in [-0.25, -0.2) is 9.97 Å². The molecule has 0 saturated heterocycles. The van der Waals surface area contributed by atoms with E-state index in [1.165, 1.54) is 17.0 Å². The van der Waals surface area contributed by atoms with E-state index in [0.717, 1.165) is 35.0 Å². The van der Waals surface area contributed by atoms with Crippen molar-refractivity contribution in [3.05, 3.63) is 101 Å². The molecule has 0 aliphatic heterocycles. The van der Waals surface area contributed by atoms with Crippen LogP contribution in [0, 0.1) is 5.92 Å². The first kappa shape index (κ1) is 23.6. The fourth-order valence-corrected chi connectivity index (χ4v) is 5.07. The molecule has 0 bridgehead atoms. The number of pyridine rings is 1. The van der Waals surface area contributed by atoms with Crippen molar-refractivity contribution < 1.29 is 9.90 Å². The highest BCUT2D eigenvalue weighted by atomic mass is 16.3. The van der Waals surface area contributed by atoms with Crippen LogP contribution in [-0.2, 0) is 0 Å². The first-order valence-electron chi connectivity index (χ1n) is 12.4. The molecule has 0 atom stereocenters. The van der Waals surface area contributed by atoms with Crippen LogP contribution in [0.3, 0.4) is 0 Å². The monoisotopic (exact) mass is 506 g/mol. The number of aliphatic hydroxyl groups excluding tert-OH is 1. The molecule has 6 rings (SSSR count). The number of anilines is 2. The molecule has 38 heavy (non-hydrogen) atoms. The number of amides is 1. The summed E-state index contributed by atoms with van der Waals surface area (Å²) in [5, 5.41) is 13.0. The van der Waals surface area contributed by atoms with Crippen LogP contribution >= 0.6 is 0 Å². The number of aliphatic hydroxyl groups is 1. The normalized spacial score (nSPS) is 16.8. The maximum Gasteiger partial charge on any atom is 0.267 e. The van der Waals surface area contributed by atoms with E-state index in [-0.39, 0.29) is 18.2 Å². The molecule has 0 unspecified atom stereocenters. The van der Waals surface area contributed by atoms with Crippen LogP contribution in [0.25, 0.3) is 27.8 Å². The molecule has 9 nitrogen and oxygen atoms in total. The minimum absolute atomic E-state index is 0.0510. The molecule has 1 amide bonds. The van der Waals surface area contributed by atoms with Crippen molar-refractivity contribution in [1.29, 1.82) is 0 Å². The lowest BCUT2D eigenvalue weighted by molar-refractivity contribution is 0.102. The molecule has 1 saturated carbocycles. The van der Waals surface area contributed by atoms with E-state index >= 15 is 0 Å². The van der Waals surface area contributed by atoms with Crippen LogP contribution in [0.15, 0.2) is 90.2 Å². The zero-order valence-corrected chi connectivity index (χ0v) is 20.5. The third kappa shape index (κ3) is 4.12. The Morgan fingerprint density at radius 3 is 2.53 bits per heavy atom. The number of fused-ring (bicyclic) bond motifs is 1. The summed E-state index contributed by atoms with van der Waals surface area (Å²) in [6, 6.07) is 20.0. The van der Waals surface area contributed by atoms with Gasteiger partial charge in [0, 0.05) is 42.0 Å². The number of carbonyl (C=O) groups is 1. The molecule has 3 heterocycles. The van der Waals surface area contributed by atoms with Gasteiger partial charge in [0.05, 0.1) is 5.39 Å². The van der Waals surface area contributed by atoms with E-state index in [1.807, 2.05) is 48.7 Å². The van der Waals surface area contributed by atoms with Crippen LogP contribution < -0.4 is 16.6 Å². The molecule has 9 heteroatoms. The van der Waals surface area contributed by atoms with Gasteiger partial charge in [-0.15, -0.1) is 0 Å². The minimum atomic E-state index is -0.481. The highest BCUT2D eigenvalue weighted by Gasteiger charge is 2.32. The summed E-state index contributed by atoms with van der Waals surface area (Å²) in [6.07, 6.45) is 6.93. The highest BCUT2D eigenvalue weighted by molar-refractivity contribution is 6.04. The molecule has 1 aliphatic carbocycles. The Kier molecular flexibility index (Phi) is 5.97. The third-order valence-electron chi connectivity index (χ3n) is 7.18. The molecule has 4 N–H and O–H groups in total. The van der Waals surface area contributed by atoms with Crippen molar-refractivity contribution in [2.75, 3.05) is 17.7 Å². The summed E-state index contributed by atoms with van der Waals surface area (Å²) in [5.41, 5.74) is 9.73. The van der Waals surface area contributed by atoms with Crippen molar-refractivity contribution >= 4 is 28.4 Å². The Hall–Kier alpha value is -4.76. The number of aromatic nitrogens is 4. The molecule has 0 spiro atoms. The van der Waals surface area contributed by atoms with Gasteiger partial charge in [-0.2, -0.15) is 0 Å². The molecule has 3 aromatic heterocycles. The zero-order valence-electron chi connectivity index (χ0n) is 20.5. The molecule has 1 fully saturated rings. The van der Waals surface area contributed by atoms with Crippen molar-refractivity contribution in [3.63, 3.8) is 0 Å². The Morgan fingerprint density at radius 2 is 1.79 bits per heavy atom. The summed E-state index contributed by atoms with van der Waals surface area (Å²) >= 11 is 0. The Bertz CT molecular complexity index is 1690. The Morgan fingerprint density at radius 1 is 1.03 bits per heavy atom. The lowest BCUT2D eigenvalue weighted by atomic mass is 9.81. The smallest absolute Gasteiger partial charge is 0.267 e. The minimum Gasteiger partial charge on any atom is -0.396 e. The van der Waals surface area contributed by atoms with Gasteiger partial charge in [-0.1, -0.05) is 30.3 Å². The van der Waals surface area contributed by atoms with Crippen molar-refractivity contribution in [3.8, 4) is 16.8 Å². The number of benzene rings is 2. The topological polar surface area (TPSA) is 128 Å². The van der Waals surface area contributed by atoms with Crippen molar-refractivity contribution in [2.24, 2.45) is 5.92 Å². The number of hydrogen-bond donors (Lipinski definition) is 3. The maximum absolute atomic E-state index is 13.0. The lowest BCUT2D eigenvalue weighted by Crippen LogP contribution is -2.28. The molecule has 2 aromatic carbocycles. The second-order valence-electron chi connectivity index (χ2n) is 9.55. The van der Waals surface area contributed by atoms with Crippen molar-refractivity contribution in [1.82, 2.24) is 19.1 Å². The number of rotatable bonds is 6. The summed E-state index contributed by atoms with van der Waals surface area (Å²) in [4.78, 5) is 34.7. The average molecular weight is 507 g/mol. The first-order chi connectivity index (χ1) is 18.5. The molecular formula is C29H26N6O3. The second kappa shape index (κ2) is 9.60. The Balaban J connectivity index is 1.27. The van der Waals surface area contributed by atoms with Crippen LogP contribution in [0.4, 0.5) is 11.5 Å². The average Bonchev–Trinajstić information content (AvgIpc) is 3.30. The van der Waals surface area contributed by atoms with Gasteiger partial charge in [-0.3, -0.25) is 14.2 Å². The van der Waals surface area contributed by atoms with Gasteiger partial charge in [-0.05, 0) is 60.7 Å². The second-order valence-corrected chi connectivity index (χ2v) is 9.55. The Labute approximate surface area is 218 Å². The number of nitrogens with one attached hydrogen (secondary N) is 1. The van der Waals surface area contributed by atoms with E-state index < -0.39 is 11.5 Å². The van der Waals surface area contributed by atoms with Crippen LogP contribution in [0.1, 0.15) is 29.2 Å². The number of nitrogens with zero attached hydrogens (tertiary/aromatic N) is 4. The predicted molar refractivity (Wildman–Crippen MR) is 146 cm³/mol. The van der Waals surface area contributed by atoms with Crippen molar-refractivity contribution in [2.45, 2.75) is 18.9 Å². The highest BCUT2D eigenvalue weighted by Crippen LogP contribution is 2.42. The van der Waals surface area contributed by atoms with Gasteiger partial charge >= 0.3 is 0 Å². The standard InChI is InChI=1S/C29H26N6O3/c30-26-25-24(15-35(27(25)32-17-31-26)22-13-18(14-22)16-36)19-8-10-20(11-9-19)33-28(37)23-7-4-12-34(29(23)38)21-5-2-1-3-6-21/h1-12,15,17-18,22,36H,13-14,16H2,(H,33,37)(H2,30,31,32)/t18-,22-. The summed E-state index contributed by atoms with van der Waals surface area (Å²) in [6.45, 7) is 0.190. The van der Waals surface area contributed by atoms with Gasteiger partial charge in [0.1, 0.15) is 23.4 Å². The predicted octanol–water partition coefficient (Wildman–Crippen LogP) is 4.03. The SMILES string of the molecule is Nc1ncnc2c1c(-c1ccc(NC(=O)c3cccn(-c4ccccc4)c3=O)cc1)cn2[C@H]1C[C@H](CO)C1. The number of para-hydroxylation sites is 1. The lowest BCUT2D eigenvalue weighted by Gasteiger charge is -2.35. The number of hydrogen-bond acceptors (Lipinski definition) is 6. The van der Waals surface area contributed by atoms with E-state index in [2.05, 4.69) is 19.9 Å². The molecule has 1 aliphatic rings. The maximum atomic E-state index is 13.0. The first-order valence-corrected chi connectivity index (χ1v) is 12.4. The molecule has 0 radical (unpaired) electrons. The van der Waals surface area contributed by atoms with Gasteiger partial charge in [0.15, 0.2) is 0 Å². The molecular weight excluding hydrogens is 480 g/mol. The van der Waals surface area contributed by atoms with Crippen LogP contribution in [0.2, 0.25) is 0 Å². The van der Waals surface area contributed by atoms with E-state index in [9.17, 15) is 14.7 Å². The number of carbonyl (C=O) groups excluding carboxylic acids is 1. The summed E-state index contributed by atoms with van der Waals surface area (Å²) in [7, 11) is 0. The fraction of sp³-hybridized carbons (Fsp3) is 0.172. The van der Waals surface area contributed by atoms with E-state index in [4.69, 9.17) is 5.73 Å². The van der Waals surface area contributed by atoms with Gasteiger partial charge in [0.25, 0.3) is 11.5 Å². The van der Waals surface area contributed by atoms with E-state index in [0.29, 0.717) is 23.1 Å². The molecule has 5 aromatic rings.